The molecule has 2 N–H and O–H groups in total. The van der Waals surface area contributed by atoms with Crippen molar-refractivity contribution in [3.8, 4) is 0 Å². The summed E-state index contributed by atoms with van der Waals surface area (Å²) in [5, 5.41) is 3.03. The molecule has 0 fully saturated rings. The van der Waals surface area contributed by atoms with Gasteiger partial charge in [-0.2, -0.15) is 0 Å². The summed E-state index contributed by atoms with van der Waals surface area (Å²) >= 11 is 0. The molecule has 1 rings (SSSR count). The van der Waals surface area contributed by atoms with Crippen LogP contribution in [0.3, 0.4) is 0 Å². The first-order valence-corrected chi connectivity index (χ1v) is 7.46. The van der Waals surface area contributed by atoms with Crippen molar-refractivity contribution in [2.75, 3.05) is 17.5 Å². The molecule has 0 aliphatic heterocycles. The lowest BCUT2D eigenvalue weighted by atomic mass is 10.2. The van der Waals surface area contributed by atoms with Crippen LogP contribution in [0.5, 0.6) is 0 Å². The Labute approximate surface area is 103 Å². The third-order valence-electron chi connectivity index (χ3n) is 2.35. The Kier molecular flexibility index (Phi) is 5.44. The average molecular weight is 256 g/mol. The van der Waals surface area contributed by atoms with E-state index in [2.05, 4.69) is 10.0 Å². The second-order valence-electron chi connectivity index (χ2n) is 4.01. The lowest BCUT2D eigenvalue weighted by Gasteiger charge is -2.09. The maximum Gasteiger partial charge on any atom is 0.232 e. The normalized spacial score (nSPS) is 11.4. The summed E-state index contributed by atoms with van der Waals surface area (Å²) in [6.45, 7) is 2.70. The fourth-order valence-electron chi connectivity index (χ4n) is 1.51. The van der Waals surface area contributed by atoms with Crippen LogP contribution in [0.4, 0.5) is 5.69 Å². The summed E-state index contributed by atoms with van der Waals surface area (Å²) in [5.74, 6) is 0.180. The van der Waals surface area contributed by atoms with Crippen LogP contribution in [0, 0.1) is 0 Å². The molecule has 0 saturated heterocycles. The summed E-state index contributed by atoms with van der Waals surface area (Å²) in [6, 6.07) is 7.42. The summed E-state index contributed by atoms with van der Waals surface area (Å²) in [6.07, 6.45) is 1.56. The van der Waals surface area contributed by atoms with Gasteiger partial charge in [-0.3, -0.25) is 4.72 Å². The molecular formula is C12H20N2O2S. The van der Waals surface area contributed by atoms with E-state index >= 15 is 0 Å². The van der Waals surface area contributed by atoms with Gasteiger partial charge < -0.3 is 5.32 Å². The molecule has 0 radical (unpaired) electrons. The molecule has 5 heteroatoms. The molecule has 17 heavy (non-hydrogen) atoms. The van der Waals surface area contributed by atoms with Crippen LogP contribution in [0.25, 0.3) is 0 Å². The van der Waals surface area contributed by atoms with Crippen LogP contribution < -0.4 is 10.0 Å². The maximum absolute atomic E-state index is 11.7. The molecule has 0 aromatic heterocycles. The number of benzene rings is 1. The summed E-state index contributed by atoms with van der Waals surface area (Å²) in [7, 11) is -1.34. The Hall–Kier alpha value is -1.07. The molecule has 96 valence electrons. The van der Waals surface area contributed by atoms with Gasteiger partial charge in [0.05, 0.1) is 5.75 Å². The van der Waals surface area contributed by atoms with E-state index in [0.29, 0.717) is 12.1 Å². The van der Waals surface area contributed by atoms with Crippen molar-refractivity contribution < 1.29 is 8.42 Å². The molecule has 0 bridgehead atoms. The lowest BCUT2D eigenvalue weighted by molar-refractivity contribution is 0.598. The SMILES string of the molecule is CCCCS(=O)(=O)Nc1cccc(CNC)c1. The van der Waals surface area contributed by atoms with E-state index in [0.717, 1.165) is 18.5 Å². The first kappa shape index (κ1) is 14.0. The van der Waals surface area contributed by atoms with Gasteiger partial charge >= 0.3 is 0 Å². The van der Waals surface area contributed by atoms with Gasteiger partial charge in [0.15, 0.2) is 0 Å². The number of unbranched alkanes of at least 4 members (excludes halogenated alkanes) is 1. The van der Waals surface area contributed by atoms with Gasteiger partial charge in [-0.15, -0.1) is 0 Å². The Morgan fingerprint density at radius 1 is 1.29 bits per heavy atom. The van der Waals surface area contributed by atoms with Crippen molar-refractivity contribution in [1.82, 2.24) is 5.32 Å². The molecule has 1 aromatic carbocycles. The topological polar surface area (TPSA) is 58.2 Å². The summed E-state index contributed by atoms with van der Waals surface area (Å²) in [4.78, 5) is 0. The van der Waals surface area contributed by atoms with Crippen LogP contribution >= 0.6 is 0 Å². The highest BCUT2D eigenvalue weighted by atomic mass is 32.2. The van der Waals surface area contributed by atoms with E-state index in [1.165, 1.54) is 0 Å². The monoisotopic (exact) mass is 256 g/mol. The molecule has 4 nitrogen and oxygen atoms in total. The first-order chi connectivity index (χ1) is 8.07. The zero-order valence-corrected chi connectivity index (χ0v) is 11.2. The van der Waals surface area contributed by atoms with E-state index < -0.39 is 10.0 Å². The van der Waals surface area contributed by atoms with Crippen LogP contribution in [-0.2, 0) is 16.6 Å². The van der Waals surface area contributed by atoms with E-state index in [1.807, 2.05) is 32.2 Å². The Morgan fingerprint density at radius 2 is 2.06 bits per heavy atom. The highest BCUT2D eigenvalue weighted by Crippen LogP contribution is 2.13. The molecule has 0 amide bonds. The minimum Gasteiger partial charge on any atom is -0.316 e. The zero-order chi connectivity index (χ0) is 12.7. The molecule has 0 unspecified atom stereocenters. The molecular weight excluding hydrogens is 236 g/mol. The summed E-state index contributed by atoms with van der Waals surface area (Å²) < 4.78 is 26.0. The van der Waals surface area contributed by atoms with Crippen LogP contribution in [-0.4, -0.2) is 21.2 Å². The molecule has 0 heterocycles. The number of sulfonamides is 1. The number of rotatable bonds is 7. The molecule has 0 aliphatic carbocycles. The van der Waals surface area contributed by atoms with Gasteiger partial charge in [0.2, 0.25) is 10.0 Å². The van der Waals surface area contributed by atoms with Crippen LogP contribution in [0.2, 0.25) is 0 Å². The molecule has 0 saturated carbocycles. The van der Waals surface area contributed by atoms with Crippen LogP contribution in [0.1, 0.15) is 25.3 Å². The molecule has 1 aromatic rings. The minimum atomic E-state index is -3.20. The quantitative estimate of drug-likeness (QED) is 0.784. The van der Waals surface area contributed by atoms with Gasteiger partial charge in [0, 0.05) is 12.2 Å². The minimum absolute atomic E-state index is 0.180. The molecule has 0 aliphatic rings. The highest BCUT2D eigenvalue weighted by Gasteiger charge is 2.09. The highest BCUT2D eigenvalue weighted by molar-refractivity contribution is 7.92. The number of hydrogen-bond acceptors (Lipinski definition) is 3. The van der Waals surface area contributed by atoms with Gasteiger partial charge in [-0.25, -0.2) is 8.42 Å². The van der Waals surface area contributed by atoms with Gasteiger partial charge in [-0.05, 0) is 31.2 Å². The van der Waals surface area contributed by atoms with E-state index in [1.54, 1.807) is 6.07 Å². The average Bonchev–Trinajstić information content (AvgIpc) is 2.27. The molecule has 0 atom stereocenters. The van der Waals surface area contributed by atoms with Crippen LogP contribution in [0.15, 0.2) is 24.3 Å². The smallest absolute Gasteiger partial charge is 0.232 e. The predicted molar refractivity (Wildman–Crippen MR) is 71.5 cm³/mol. The fourth-order valence-corrected chi connectivity index (χ4v) is 2.77. The number of anilines is 1. The van der Waals surface area contributed by atoms with Gasteiger partial charge in [0.1, 0.15) is 0 Å². The van der Waals surface area contributed by atoms with Crippen molar-refractivity contribution in [1.29, 1.82) is 0 Å². The fraction of sp³-hybridized carbons (Fsp3) is 0.500. The van der Waals surface area contributed by atoms with E-state index in [9.17, 15) is 8.42 Å². The maximum atomic E-state index is 11.7. The van der Waals surface area contributed by atoms with E-state index in [-0.39, 0.29) is 5.75 Å². The van der Waals surface area contributed by atoms with Crippen molar-refractivity contribution in [2.45, 2.75) is 26.3 Å². The zero-order valence-electron chi connectivity index (χ0n) is 10.4. The predicted octanol–water partition coefficient (Wildman–Crippen LogP) is 1.95. The number of hydrogen-bond donors (Lipinski definition) is 2. The Morgan fingerprint density at radius 3 is 2.71 bits per heavy atom. The lowest BCUT2D eigenvalue weighted by Crippen LogP contribution is -2.16. The second kappa shape index (κ2) is 6.61. The van der Waals surface area contributed by atoms with Gasteiger partial charge in [-0.1, -0.05) is 25.5 Å². The largest absolute Gasteiger partial charge is 0.316 e. The standard InChI is InChI=1S/C12H20N2O2S/c1-3-4-8-17(15,16)14-12-7-5-6-11(9-12)10-13-2/h5-7,9,13-14H,3-4,8,10H2,1-2H3. The Balaban J connectivity index is 2.70. The first-order valence-electron chi connectivity index (χ1n) is 5.81. The third-order valence-corrected chi connectivity index (χ3v) is 3.72. The van der Waals surface area contributed by atoms with Crippen molar-refractivity contribution in [3.05, 3.63) is 29.8 Å². The molecule has 0 spiro atoms. The van der Waals surface area contributed by atoms with Crippen molar-refractivity contribution in [3.63, 3.8) is 0 Å². The van der Waals surface area contributed by atoms with Crippen molar-refractivity contribution >= 4 is 15.7 Å². The van der Waals surface area contributed by atoms with E-state index in [4.69, 9.17) is 0 Å². The third kappa shape index (κ3) is 5.19. The second-order valence-corrected chi connectivity index (χ2v) is 5.85. The van der Waals surface area contributed by atoms with Gasteiger partial charge in [0.25, 0.3) is 0 Å². The summed E-state index contributed by atoms with van der Waals surface area (Å²) in [5.41, 5.74) is 1.69. The van der Waals surface area contributed by atoms with Crippen molar-refractivity contribution in [2.24, 2.45) is 0 Å². The Bertz CT molecular complexity index is 444. The number of nitrogens with one attached hydrogen (secondary N) is 2.